The average molecular weight is 463 g/mol. The maximum atomic E-state index is 13.1. The van der Waals surface area contributed by atoms with E-state index in [0.717, 1.165) is 47.6 Å². The Bertz CT molecular complexity index is 1160. The second kappa shape index (κ2) is 9.31. The summed E-state index contributed by atoms with van der Waals surface area (Å²) in [6, 6.07) is 11.7. The van der Waals surface area contributed by atoms with Crippen LogP contribution in [0.1, 0.15) is 32.1 Å². The summed E-state index contributed by atoms with van der Waals surface area (Å²) in [6.07, 6.45) is 7.34. The monoisotopic (exact) mass is 462 g/mol. The number of rotatable bonds is 5. The summed E-state index contributed by atoms with van der Waals surface area (Å²) < 4.78 is 5.65. The van der Waals surface area contributed by atoms with Crippen LogP contribution in [0.25, 0.3) is 22.0 Å². The standard InChI is InChI=1S/C25H26N4O3S/c1-28(18-7-3-2-4-8-18)23(30)14-29-21-13-17(10-11-22(21)32-15-24(29)31)20-16-33-25(27-20)19-9-5-6-12-26-19/h5-6,9-13,16,18H,2-4,7-8,14-15H2,1H3. The van der Waals surface area contributed by atoms with Crippen LogP contribution in [0.2, 0.25) is 0 Å². The molecule has 3 aromatic rings. The lowest BCUT2D eigenvalue weighted by Crippen LogP contribution is -2.48. The molecule has 0 radical (unpaired) electrons. The number of pyridine rings is 1. The largest absolute Gasteiger partial charge is 0.482 e. The number of benzene rings is 1. The Hall–Kier alpha value is -3.26. The van der Waals surface area contributed by atoms with Crippen LogP contribution in [0.3, 0.4) is 0 Å². The lowest BCUT2D eigenvalue weighted by molar-refractivity contribution is -0.133. The molecule has 5 rings (SSSR count). The molecule has 8 heteroatoms. The van der Waals surface area contributed by atoms with E-state index in [1.54, 1.807) is 11.1 Å². The first-order valence-corrected chi connectivity index (χ1v) is 12.2. The van der Waals surface area contributed by atoms with E-state index in [2.05, 4.69) is 4.98 Å². The minimum absolute atomic E-state index is 0.0158. The van der Waals surface area contributed by atoms with Gasteiger partial charge in [0.05, 0.1) is 17.1 Å². The smallest absolute Gasteiger partial charge is 0.265 e. The van der Waals surface area contributed by atoms with E-state index in [1.807, 2.05) is 53.7 Å². The Balaban J connectivity index is 1.39. The third kappa shape index (κ3) is 4.48. The molecule has 1 aliphatic carbocycles. The highest BCUT2D eigenvalue weighted by molar-refractivity contribution is 7.13. The molecule has 2 aliphatic rings. The van der Waals surface area contributed by atoms with Crippen LogP contribution in [-0.2, 0) is 9.59 Å². The Morgan fingerprint density at radius 3 is 2.82 bits per heavy atom. The number of thiazole rings is 1. The zero-order valence-corrected chi connectivity index (χ0v) is 19.4. The van der Waals surface area contributed by atoms with Crippen molar-refractivity contribution in [2.24, 2.45) is 0 Å². The SMILES string of the molecule is CN(C(=O)CN1C(=O)COc2ccc(-c3csc(-c4ccccn4)n3)cc21)C1CCCCC1. The minimum Gasteiger partial charge on any atom is -0.482 e. The molecule has 0 N–H and O–H groups in total. The summed E-state index contributed by atoms with van der Waals surface area (Å²) in [7, 11) is 1.86. The molecule has 7 nitrogen and oxygen atoms in total. The molecule has 3 heterocycles. The van der Waals surface area contributed by atoms with Gasteiger partial charge in [-0.05, 0) is 43.2 Å². The predicted molar refractivity (Wildman–Crippen MR) is 128 cm³/mol. The minimum atomic E-state index is -0.211. The highest BCUT2D eigenvalue weighted by Gasteiger charge is 2.30. The van der Waals surface area contributed by atoms with Crippen LogP contribution >= 0.6 is 11.3 Å². The molecule has 1 aliphatic heterocycles. The summed E-state index contributed by atoms with van der Waals surface area (Å²) in [6.45, 7) is -0.0464. The fourth-order valence-corrected chi connectivity index (χ4v) is 5.27. The van der Waals surface area contributed by atoms with Crippen molar-refractivity contribution in [3.63, 3.8) is 0 Å². The molecule has 2 aromatic heterocycles. The van der Waals surface area contributed by atoms with Gasteiger partial charge in [-0.1, -0.05) is 25.3 Å². The van der Waals surface area contributed by atoms with Gasteiger partial charge in [0.25, 0.3) is 5.91 Å². The number of carbonyl (C=O) groups is 2. The van der Waals surface area contributed by atoms with E-state index in [9.17, 15) is 9.59 Å². The van der Waals surface area contributed by atoms with Crippen LogP contribution in [0.4, 0.5) is 5.69 Å². The number of carbonyl (C=O) groups excluding carboxylic acids is 2. The van der Waals surface area contributed by atoms with Crippen molar-refractivity contribution in [2.75, 3.05) is 25.1 Å². The first kappa shape index (κ1) is 21.6. The molecule has 33 heavy (non-hydrogen) atoms. The van der Waals surface area contributed by atoms with Gasteiger partial charge < -0.3 is 9.64 Å². The third-order valence-corrected chi connectivity index (χ3v) is 7.26. The van der Waals surface area contributed by atoms with E-state index in [-0.39, 0.29) is 31.0 Å². The van der Waals surface area contributed by atoms with Crippen molar-refractivity contribution in [1.29, 1.82) is 0 Å². The van der Waals surface area contributed by atoms with Crippen LogP contribution in [-0.4, -0.2) is 52.9 Å². The van der Waals surface area contributed by atoms with Crippen molar-refractivity contribution < 1.29 is 14.3 Å². The molecule has 0 spiro atoms. The molecular formula is C25H26N4O3S. The van der Waals surface area contributed by atoms with E-state index in [0.29, 0.717) is 11.4 Å². The molecule has 170 valence electrons. The fourth-order valence-electron chi connectivity index (χ4n) is 4.47. The molecule has 0 atom stereocenters. The lowest BCUT2D eigenvalue weighted by atomic mass is 9.94. The van der Waals surface area contributed by atoms with Gasteiger partial charge in [0, 0.05) is 30.2 Å². The number of amides is 2. The highest BCUT2D eigenvalue weighted by atomic mass is 32.1. The maximum Gasteiger partial charge on any atom is 0.265 e. The van der Waals surface area contributed by atoms with Crippen molar-refractivity contribution in [3.05, 3.63) is 48.0 Å². The second-order valence-corrected chi connectivity index (χ2v) is 9.36. The lowest BCUT2D eigenvalue weighted by Gasteiger charge is -2.34. The van der Waals surface area contributed by atoms with Crippen molar-refractivity contribution in [2.45, 2.75) is 38.1 Å². The van der Waals surface area contributed by atoms with Gasteiger partial charge >= 0.3 is 0 Å². The van der Waals surface area contributed by atoms with Crippen LogP contribution < -0.4 is 9.64 Å². The van der Waals surface area contributed by atoms with E-state index < -0.39 is 0 Å². The molecule has 1 fully saturated rings. The molecule has 0 bridgehead atoms. The number of hydrogen-bond donors (Lipinski definition) is 0. The second-order valence-electron chi connectivity index (χ2n) is 8.50. The molecule has 0 unspecified atom stereocenters. The number of aromatic nitrogens is 2. The maximum absolute atomic E-state index is 13.1. The Morgan fingerprint density at radius 1 is 1.18 bits per heavy atom. The quantitative estimate of drug-likeness (QED) is 0.562. The van der Waals surface area contributed by atoms with Crippen molar-refractivity contribution in [1.82, 2.24) is 14.9 Å². The van der Waals surface area contributed by atoms with Gasteiger partial charge in [0.1, 0.15) is 17.3 Å². The van der Waals surface area contributed by atoms with Gasteiger partial charge in [-0.3, -0.25) is 19.5 Å². The number of ether oxygens (including phenoxy) is 1. The van der Waals surface area contributed by atoms with Gasteiger partial charge in [-0.2, -0.15) is 0 Å². The topological polar surface area (TPSA) is 75.6 Å². The van der Waals surface area contributed by atoms with E-state index in [4.69, 9.17) is 9.72 Å². The van der Waals surface area contributed by atoms with Crippen LogP contribution in [0, 0.1) is 0 Å². The normalized spacial score (nSPS) is 16.3. The van der Waals surface area contributed by atoms with Gasteiger partial charge in [0.15, 0.2) is 6.61 Å². The molecular weight excluding hydrogens is 436 g/mol. The first-order valence-electron chi connectivity index (χ1n) is 11.3. The zero-order chi connectivity index (χ0) is 22.8. The summed E-state index contributed by atoms with van der Waals surface area (Å²) >= 11 is 1.52. The van der Waals surface area contributed by atoms with Crippen LogP contribution in [0.5, 0.6) is 5.75 Å². The van der Waals surface area contributed by atoms with E-state index in [1.165, 1.54) is 17.8 Å². The number of anilines is 1. The fraction of sp³-hybridized carbons (Fsp3) is 0.360. The number of hydrogen-bond acceptors (Lipinski definition) is 6. The first-order chi connectivity index (χ1) is 16.1. The Labute approximate surface area is 197 Å². The molecule has 2 amide bonds. The summed E-state index contributed by atoms with van der Waals surface area (Å²) in [5, 5.41) is 2.81. The Morgan fingerprint density at radius 2 is 2.03 bits per heavy atom. The third-order valence-electron chi connectivity index (χ3n) is 6.40. The number of nitrogens with zero attached hydrogens (tertiary/aromatic N) is 4. The number of likely N-dealkylation sites (N-methyl/N-ethyl adjacent to an activating group) is 1. The van der Waals surface area contributed by atoms with Crippen LogP contribution in [0.15, 0.2) is 48.0 Å². The van der Waals surface area contributed by atoms with Crippen molar-refractivity contribution in [3.8, 4) is 27.7 Å². The average Bonchev–Trinajstić information content (AvgIpc) is 3.36. The zero-order valence-electron chi connectivity index (χ0n) is 18.6. The molecule has 0 saturated heterocycles. The Kier molecular flexibility index (Phi) is 6.09. The summed E-state index contributed by atoms with van der Waals surface area (Å²) in [5.41, 5.74) is 3.10. The van der Waals surface area contributed by atoms with Gasteiger partial charge in [0.2, 0.25) is 5.91 Å². The van der Waals surface area contributed by atoms with Gasteiger partial charge in [-0.25, -0.2) is 4.98 Å². The van der Waals surface area contributed by atoms with Crippen molar-refractivity contribution >= 4 is 28.8 Å². The van der Waals surface area contributed by atoms with Gasteiger partial charge in [-0.15, -0.1) is 11.3 Å². The number of fused-ring (bicyclic) bond motifs is 1. The summed E-state index contributed by atoms with van der Waals surface area (Å²) in [4.78, 5) is 38.3. The predicted octanol–water partition coefficient (Wildman–Crippen LogP) is 4.39. The molecule has 1 aromatic carbocycles. The summed E-state index contributed by atoms with van der Waals surface area (Å²) in [5.74, 6) is 0.351. The highest BCUT2D eigenvalue weighted by Crippen LogP contribution is 2.37. The van der Waals surface area contributed by atoms with E-state index >= 15 is 0 Å². The molecule has 1 saturated carbocycles.